The van der Waals surface area contributed by atoms with E-state index in [4.69, 9.17) is 33.7 Å². The van der Waals surface area contributed by atoms with Crippen LogP contribution < -0.4 is 21.1 Å². The van der Waals surface area contributed by atoms with Crippen LogP contribution in [0.5, 0.6) is 5.75 Å². The largest absolute Gasteiger partial charge is 0.482 e. The third-order valence-corrected chi connectivity index (χ3v) is 9.21. The number of nitrogen functional groups attached to an aromatic ring is 1. The first-order chi connectivity index (χ1) is 20.2. The number of carbonyl (C=O) groups is 2. The molecular weight excluding hydrogens is 582 g/mol. The lowest BCUT2D eigenvalue weighted by Crippen LogP contribution is -2.55. The van der Waals surface area contributed by atoms with Crippen molar-refractivity contribution < 1.29 is 18.7 Å². The van der Waals surface area contributed by atoms with Gasteiger partial charge in [0.15, 0.2) is 11.6 Å². The standard InChI is InChI=1S/C30H31Cl2FN6O3/c1-17(25-21(31)4-5-22(33)26(25)32)42-24-15-19(16-36-27(24)34)18-2-3-20-23(14-18)37-28(40)30(20)6-10-38(11-7-30)29(41)39-12-8-35-9-13-39/h2-5,14-17,35H,6-13H2,1H3,(H2,34,36)(H,37,40)/t17-/m1/s1. The minimum Gasteiger partial charge on any atom is -0.482 e. The molecule has 0 unspecified atom stereocenters. The molecule has 2 fully saturated rings. The average molecular weight is 614 g/mol. The molecule has 3 aromatic rings. The molecule has 3 aliphatic rings. The van der Waals surface area contributed by atoms with Gasteiger partial charge >= 0.3 is 6.03 Å². The van der Waals surface area contributed by atoms with Crippen molar-refractivity contribution in [2.75, 3.05) is 50.3 Å². The number of halogens is 3. The van der Waals surface area contributed by atoms with Gasteiger partial charge in [-0.2, -0.15) is 0 Å². The maximum Gasteiger partial charge on any atom is 0.320 e. The first-order valence-electron chi connectivity index (χ1n) is 13.9. The highest BCUT2D eigenvalue weighted by atomic mass is 35.5. The van der Waals surface area contributed by atoms with Crippen molar-refractivity contribution in [2.45, 2.75) is 31.3 Å². The third kappa shape index (κ3) is 5.01. The minimum absolute atomic E-state index is 0.0407. The van der Waals surface area contributed by atoms with E-state index in [0.29, 0.717) is 50.3 Å². The van der Waals surface area contributed by atoms with E-state index in [1.165, 1.54) is 12.1 Å². The Balaban J connectivity index is 1.21. The van der Waals surface area contributed by atoms with Crippen LogP contribution in [0.4, 0.5) is 20.7 Å². The quantitative estimate of drug-likeness (QED) is 0.348. The Kier molecular flexibility index (Phi) is 7.63. The van der Waals surface area contributed by atoms with Crippen LogP contribution in [0.2, 0.25) is 10.0 Å². The van der Waals surface area contributed by atoms with Gasteiger partial charge in [-0.05, 0) is 55.2 Å². The van der Waals surface area contributed by atoms with Crippen molar-refractivity contribution in [3.8, 4) is 16.9 Å². The van der Waals surface area contributed by atoms with E-state index in [1.807, 2.05) is 28.0 Å². The maximum absolute atomic E-state index is 14.1. The Bertz CT molecular complexity index is 1560. The predicted molar refractivity (Wildman–Crippen MR) is 161 cm³/mol. The molecule has 0 bridgehead atoms. The number of likely N-dealkylation sites (tertiary alicyclic amines) is 1. The molecule has 3 aliphatic heterocycles. The van der Waals surface area contributed by atoms with Gasteiger partial charge in [0.1, 0.15) is 11.9 Å². The lowest BCUT2D eigenvalue weighted by atomic mass is 9.73. The van der Waals surface area contributed by atoms with Crippen LogP contribution in [0.25, 0.3) is 11.1 Å². The van der Waals surface area contributed by atoms with E-state index in [1.54, 1.807) is 19.2 Å². The zero-order chi connectivity index (χ0) is 29.6. The third-order valence-electron chi connectivity index (χ3n) is 8.50. The molecule has 3 amide bonds. The summed E-state index contributed by atoms with van der Waals surface area (Å²) < 4.78 is 20.1. The number of pyridine rings is 1. The molecule has 1 spiro atoms. The van der Waals surface area contributed by atoms with E-state index < -0.39 is 17.3 Å². The maximum atomic E-state index is 14.1. The molecule has 0 radical (unpaired) electrons. The summed E-state index contributed by atoms with van der Waals surface area (Å²) in [5, 5.41) is 6.50. The Hall–Kier alpha value is -3.60. The first kappa shape index (κ1) is 28.5. The van der Waals surface area contributed by atoms with Crippen molar-refractivity contribution >= 4 is 46.6 Å². The van der Waals surface area contributed by atoms with Crippen molar-refractivity contribution in [2.24, 2.45) is 0 Å². The lowest BCUT2D eigenvalue weighted by Gasteiger charge is -2.40. The Morgan fingerprint density at radius 3 is 2.52 bits per heavy atom. The number of carbonyl (C=O) groups excluding carboxylic acids is 2. The average Bonchev–Trinajstić information content (AvgIpc) is 3.26. The SMILES string of the molecule is C[C@@H](Oc1cc(-c2ccc3c(c2)NC(=O)C32CCN(C(=O)N3CCNCC3)CC2)cnc1N)c1c(Cl)ccc(F)c1Cl. The van der Waals surface area contributed by atoms with Crippen LogP contribution >= 0.6 is 23.2 Å². The van der Waals surface area contributed by atoms with Gasteiger partial charge in [-0.15, -0.1) is 0 Å². The fourth-order valence-electron chi connectivity index (χ4n) is 6.11. The van der Waals surface area contributed by atoms with Gasteiger partial charge in [0.2, 0.25) is 5.91 Å². The number of nitrogens with zero attached hydrogens (tertiary/aromatic N) is 3. The van der Waals surface area contributed by atoms with Crippen molar-refractivity contribution in [1.29, 1.82) is 0 Å². The highest BCUT2D eigenvalue weighted by Gasteiger charge is 2.49. The number of amides is 3. The van der Waals surface area contributed by atoms with Crippen LogP contribution in [0, 0.1) is 5.82 Å². The van der Waals surface area contributed by atoms with E-state index in [-0.39, 0.29) is 27.8 Å². The summed E-state index contributed by atoms with van der Waals surface area (Å²) in [6.45, 7) is 5.75. The van der Waals surface area contributed by atoms with Gasteiger partial charge in [-0.25, -0.2) is 14.2 Å². The number of ether oxygens (including phenoxy) is 1. The number of fused-ring (bicyclic) bond motifs is 2. The summed E-state index contributed by atoms with van der Waals surface area (Å²) in [4.78, 5) is 34.4. The van der Waals surface area contributed by atoms with Crippen LogP contribution in [0.15, 0.2) is 42.6 Å². The van der Waals surface area contributed by atoms with Crippen LogP contribution in [-0.2, 0) is 10.2 Å². The number of aromatic nitrogens is 1. The van der Waals surface area contributed by atoms with Gasteiger partial charge in [0, 0.05) is 67.3 Å². The van der Waals surface area contributed by atoms with Crippen molar-refractivity contribution in [1.82, 2.24) is 20.1 Å². The minimum atomic E-state index is -0.705. The fourth-order valence-corrected chi connectivity index (χ4v) is 6.79. The molecule has 9 nitrogen and oxygen atoms in total. The zero-order valence-corrected chi connectivity index (χ0v) is 24.6. The number of urea groups is 1. The molecule has 1 atom stereocenters. The summed E-state index contributed by atoms with van der Waals surface area (Å²) in [7, 11) is 0. The summed E-state index contributed by atoms with van der Waals surface area (Å²) in [6.07, 6.45) is 2.05. The highest BCUT2D eigenvalue weighted by Crippen LogP contribution is 2.46. The Morgan fingerprint density at radius 1 is 1.07 bits per heavy atom. The fraction of sp³-hybridized carbons (Fsp3) is 0.367. The number of rotatable bonds is 4. The molecule has 0 saturated carbocycles. The molecular formula is C30H31Cl2FN6O3. The second-order valence-corrected chi connectivity index (χ2v) is 11.7. The van der Waals surface area contributed by atoms with Crippen LogP contribution in [0.3, 0.4) is 0 Å². The molecule has 0 aliphatic carbocycles. The number of piperazine rings is 1. The Labute approximate surface area is 253 Å². The van der Waals surface area contributed by atoms with Gasteiger partial charge in [-0.3, -0.25) is 4.79 Å². The van der Waals surface area contributed by atoms with Gasteiger partial charge in [-0.1, -0.05) is 35.3 Å². The first-order valence-corrected chi connectivity index (χ1v) is 14.7. The van der Waals surface area contributed by atoms with Gasteiger partial charge < -0.3 is 30.9 Å². The monoisotopic (exact) mass is 612 g/mol. The van der Waals surface area contributed by atoms with Crippen molar-refractivity contribution in [3.63, 3.8) is 0 Å². The molecule has 220 valence electrons. The molecule has 1 aromatic heterocycles. The number of hydrogen-bond acceptors (Lipinski definition) is 6. The topological polar surface area (TPSA) is 113 Å². The van der Waals surface area contributed by atoms with Crippen LogP contribution in [0.1, 0.15) is 37.0 Å². The van der Waals surface area contributed by atoms with Gasteiger partial charge in [0.05, 0.1) is 10.4 Å². The van der Waals surface area contributed by atoms with E-state index in [0.717, 1.165) is 35.5 Å². The van der Waals surface area contributed by atoms with E-state index in [2.05, 4.69) is 15.6 Å². The molecule has 4 N–H and O–H groups in total. The molecule has 2 saturated heterocycles. The summed E-state index contributed by atoms with van der Waals surface area (Å²) in [5.41, 5.74) is 8.97. The lowest BCUT2D eigenvalue weighted by molar-refractivity contribution is -0.122. The van der Waals surface area contributed by atoms with Gasteiger partial charge in [0.25, 0.3) is 0 Å². The summed E-state index contributed by atoms with van der Waals surface area (Å²) >= 11 is 12.4. The number of nitrogens with one attached hydrogen (secondary N) is 2. The smallest absolute Gasteiger partial charge is 0.320 e. The molecule has 12 heteroatoms. The van der Waals surface area contributed by atoms with Crippen LogP contribution in [-0.4, -0.2) is 66.0 Å². The van der Waals surface area contributed by atoms with E-state index in [9.17, 15) is 14.0 Å². The van der Waals surface area contributed by atoms with E-state index >= 15 is 0 Å². The van der Waals surface area contributed by atoms with Crippen molar-refractivity contribution in [3.05, 3.63) is 69.6 Å². The number of anilines is 2. The number of hydrogen-bond donors (Lipinski definition) is 3. The molecule has 6 rings (SSSR count). The molecule has 2 aromatic carbocycles. The molecule has 4 heterocycles. The number of nitrogens with two attached hydrogens (primary N) is 1. The zero-order valence-electron chi connectivity index (χ0n) is 23.1. The summed E-state index contributed by atoms with van der Waals surface area (Å²) in [6, 6.07) is 10.3. The molecule has 42 heavy (non-hydrogen) atoms. The number of benzene rings is 2. The Morgan fingerprint density at radius 2 is 1.79 bits per heavy atom. The summed E-state index contributed by atoms with van der Waals surface area (Å²) in [5.74, 6) is -0.189. The normalized spacial score (nSPS) is 18.5. The predicted octanol–water partition coefficient (Wildman–Crippen LogP) is 5.23. The highest BCUT2D eigenvalue weighted by molar-refractivity contribution is 6.36. The second-order valence-electron chi connectivity index (χ2n) is 10.9. The second kappa shape index (κ2) is 11.2. The number of piperidine rings is 1.